The predicted molar refractivity (Wildman–Crippen MR) is 46.0 cm³/mol. The van der Waals surface area contributed by atoms with Crippen molar-refractivity contribution in [1.29, 1.82) is 0 Å². The van der Waals surface area contributed by atoms with Gasteiger partial charge in [0.2, 0.25) is 0 Å². The number of carbonyl (C=O) groups is 1. The molecule has 1 aliphatic heterocycles. The standard InChI is InChI=1S/C9H17NO2/c1-7(2)9(3)6-8(11)4-5-10(9)12/h7,12H,4-6H2,1-3H3. The molecule has 1 saturated heterocycles. The normalized spacial score (nSPS) is 32.9. The Bertz CT molecular complexity index is 191. The summed E-state index contributed by atoms with van der Waals surface area (Å²) in [5.41, 5.74) is -0.352. The van der Waals surface area contributed by atoms with E-state index in [1.54, 1.807) is 0 Å². The molecule has 70 valence electrons. The lowest BCUT2D eigenvalue weighted by atomic mass is 9.80. The molecule has 12 heavy (non-hydrogen) atoms. The van der Waals surface area contributed by atoms with Crippen LogP contribution in [0.15, 0.2) is 0 Å². The van der Waals surface area contributed by atoms with Gasteiger partial charge in [0.25, 0.3) is 0 Å². The summed E-state index contributed by atoms with van der Waals surface area (Å²) in [6.45, 7) is 6.48. The van der Waals surface area contributed by atoms with Gasteiger partial charge in [0.1, 0.15) is 5.78 Å². The van der Waals surface area contributed by atoms with Gasteiger partial charge in [0.15, 0.2) is 0 Å². The average Bonchev–Trinajstić information content (AvgIpc) is 1.97. The molecular formula is C9H17NO2. The summed E-state index contributed by atoms with van der Waals surface area (Å²) < 4.78 is 0. The highest BCUT2D eigenvalue weighted by Gasteiger charge is 2.39. The highest BCUT2D eigenvalue weighted by Crippen LogP contribution is 2.30. The minimum absolute atomic E-state index is 0.261. The molecule has 0 bridgehead atoms. The van der Waals surface area contributed by atoms with Gasteiger partial charge in [-0.25, -0.2) is 0 Å². The van der Waals surface area contributed by atoms with Crippen LogP contribution in [0.5, 0.6) is 0 Å². The second kappa shape index (κ2) is 3.15. The smallest absolute Gasteiger partial charge is 0.136 e. The number of ketones is 1. The fourth-order valence-corrected chi connectivity index (χ4v) is 1.57. The Hall–Kier alpha value is -0.410. The number of Topliss-reactive ketones (excluding diaryl/α,β-unsaturated/α-hetero) is 1. The Morgan fingerprint density at radius 1 is 1.58 bits per heavy atom. The number of rotatable bonds is 1. The Kier molecular flexibility index (Phi) is 2.54. The molecule has 0 amide bonds. The van der Waals surface area contributed by atoms with Crippen LogP contribution in [0.2, 0.25) is 0 Å². The van der Waals surface area contributed by atoms with Crippen molar-refractivity contribution in [2.24, 2.45) is 5.92 Å². The quantitative estimate of drug-likeness (QED) is 0.649. The summed E-state index contributed by atoms with van der Waals surface area (Å²) >= 11 is 0. The van der Waals surface area contributed by atoms with Gasteiger partial charge < -0.3 is 5.21 Å². The first-order valence-electron chi connectivity index (χ1n) is 4.45. The van der Waals surface area contributed by atoms with Gasteiger partial charge in [-0.3, -0.25) is 4.79 Å². The first kappa shape index (κ1) is 9.68. The maximum atomic E-state index is 11.2. The number of carbonyl (C=O) groups excluding carboxylic acids is 1. The molecule has 0 spiro atoms. The molecule has 3 heteroatoms. The highest BCUT2D eigenvalue weighted by atomic mass is 16.5. The maximum absolute atomic E-state index is 11.2. The molecule has 1 N–H and O–H groups in total. The van der Waals surface area contributed by atoms with Gasteiger partial charge >= 0.3 is 0 Å². The van der Waals surface area contributed by atoms with Crippen molar-refractivity contribution in [3.05, 3.63) is 0 Å². The maximum Gasteiger partial charge on any atom is 0.136 e. The first-order valence-corrected chi connectivity index (χ1v) is 4.45. The summed E-state index contributed by atoms with van der Waals surface area (Å²) in [6.07, 6.45) is 0.958. The lowest BCUT2D eigenvalue weighted by Gasteiger charge is -2.43. The molecule has 1 atom stereocenters. The number of piperidine rings is 1. The van der Waals surface area contributed by atoms with Gasteiger partial charge in [0, 0.05) is 19.4 Å². The predicted octanol–water partition coefficient (Wildman–Crippen LogP) is 1.46. The number of hydrogen-bond donors (Lipinski definition) is 1. The Balaban J connectivity index is 2.77. The van der Waals surface area contributed by atoms with Crippen LogP contribution in [0.25, 0.3) is 0 Å². The van der Waals surface area contributed by atoms with E-state index in [2.05, 4.69) is 0 Å². The Morgan fingerprint density at radius 3 is 2.58 bits per heavy atom. The molecule has 1 rings (SSSR count). The summed E-state index contributed by atoms with van der Waals surface area (Å²) in [4.78, 5) is 11.2. The molecule has 1 aliphatic rings. The van der Waals surface area contributed by atoms with E-state index in [-0.39, 0.29) is 11.3 Å². The zero-order valence-corrected chi connectivity index (χ0v) is 8.00. The summed E-state index contributed by atoms with van der Waals surface area (Å²) in [5, 5.41) is 10.9. The largest absolute Gasteiger partial charge is 0.313 e. The second-order valence-corrected chi connectivity index (χ2v) is 4.10. The van der Waals surface area contributed by atoms with Crippen molar-refractivity contribution >= 4 is 5.78 Å². The van der Waals surface area contributed by atoms with E-state index in [1.165, 1.54) is 5.06 Å². The second-order valence-electron chi connectivity index (χ2n) is 4.10. The number of hydrogen-bond acceptors (Lipinski definition) is 3. The fraction of sp³-hybridized carbons (Fsp3) is 0.889. The van der Waals surface area contributed by atoms with Crippen molar-refractivity contribution in [2.45, 2.75) is 39.2 Å². The van der Waals surface area contributed by atoms with E-state index < -0.39 is 0 Å². The summed E-state index contributed by atoms with van der Waals surface area (Å²) in [5.74, 6) is 0.559. The molecule has 1 fully saturated rings. The van der Waals surface area contributed by atoms with E-state index in [4.69, 9.17) is 0 Å². The molecule has 0 saturated carbocycles. The molecule has 0 aliphatic carbocycles. The SMILES string of the molecule is CC(C)C1(C)CC(=O)CCN1O. The van der Waals surface area contributed by atoms with E-state index in [0.29, 0.717) is 25.3 Å². The lowest BCUT2D eigenvalue weighted by Crippen LogP contribution is -2.53. The number of hydroxylamine groups is 2. The molecular weight excluding hydrogens is 154 g/mol. The van der Waals surface area contributed by atoms with Crippen LogP contribution >= 0.6 is 0 Å². The molecule has 0 aromatic carbocycles. The first-order chi connectivity index (χ1) is 5.47. The van der Waals surface area contributed by atoms with Crippen LogP contribution in [-0.4, -0.2) is 28.1 Å². The van der Waals surface area contributed by atoms with Gasteiger partial charge in [-0.15, -0.1) is 0 Å². The third-order valence-electron chi connectivity index (χ3n) is 2.99. The topological polar surface area (TPSA) is 40.5 Å². The van der Waals surface area contributed by atoms with Crippen LogP contribution in [0.3, 0.4) is 0 Å². The van der Waals surface area contributed by atoms with Gasteiger partial charge in [-0.05, 0) is 12.8 Å². The van der Waals surface area contributed by atoms with Crippen molar-refractivity contribution in [1.82, 2.24) is 5.06 Å². The minimum atomic E-state index is -0.352. The van der Waals surface area contributed by atoms with E-state index >= 15 is 0 Å². The van der Waals surface area contributed by atoms with Gasteiger partial charge in [-0.1, -0.05) is 13.8 Å². The van der Waals surface area contributed by atoms with E-state index in [9.17, 15) is 10.0 Å². The molecule has 0 radical (unpaired) electrons. The summed E-state index contributed by atoms with van der Waals surface area (Å²) in [6, 6.07) is 0. The lowest BCUT2D eigenvalue weighted by molar-refractivity contribution is -0.199. The van der Waals surface area contributed by atoms with Gasteiger partial charge in [-0.2, -0.15) is 5.06 Å². The van der Waals surface area contributed by atoms with Crippen molar-refractivity contribution in [2.75, 3.05) is 6.54 Å². The molecule has 0 aromatic rings. The summed E-state index contributed by atoms with van der Waals surface area (Å²) in [7, 11) is 0. The average molecular weight is 171 g/mol. The van der Waals surface area contributed by atoms with Crippen LogP contribution in [0.4, 0.5) is 0 Å². The molecule has 3 nitrogen and oxygen atoms in total. The van der Waals surface area contributed by atoms with Crippen molar-refractivity contribution in [3.63, 3.8) is 0 Å². The zero-order chi connectivity index (χ0) is 9.35. The monoisotopic (exact) mass is 171 g/mol. The fourth-order valence-electron chi connectivity index (χ4n) is 1.57. The van der Waals surface area contributed by atoms with E-state index in [1.807, 2.05) is 20.8 Å². The number of nitrogens with zero attached hydrogens (tertiary/aromatic N) is 1. The van der Waals surface area contributed by atoms with Crippen LogP contribution in [0, 0.1) is 5.92 Å². The molecule has 1 unspecified atom stereocenters. The highest BCUT2D eigenvalue weighted by molar-refractivity contribution is 5.80. The minimum Gasteiger partial charge on any atom is -0.313 e. The zero-order valence-electron chi connectivity index (χ0n) is 8.00. The van der Waals surface area contributed by atoms with Crippen LogP contribution < -0.4 is 0 Å². The van der Waals surface area contributed by atoms with Crippen LogP contribution in [-0.2, 0) is 4.79 Å². The van der Waals surface area contributed by atoms with E-state index in [0.717, 1.165) is 0 Å². The van der Waals surface area contributed by atoms with Crippen LogP contribution in [0.1, 0.15) is 33.6 Å². The Morgan fingerprint density at radius 2 is 2.17 bits per heavy atom. The van der Waals surface area contributed by atoms with Crippen molar-refractivity contribution < 1.29 is 10.0 Å². The van der Waals surface area contributed by atoms with Crippen molar-refractivity contribution in [3.8, 4) is 0 Å². The van der Waals surface area contributed by atoms with Gasteiger partial charge in [0.05, 0.1) is 5.54 Å². The molecule has 1 heterocycles. The third kappa shape index (κ3) is 1.52. The Labute approximate surface area is 73.3 Å². The third-order valence-corrected chi connectivity index (χ3v) is 2.99. The molecule has 0 aromatic heterocycles.